The van der Waals surface area contributed by atoms with Gasteiger partial charge in [0.05, 0.1) is 0 Å². The molecule has 0 unspecified atom stereocenters. The number of carbonyl (C=O) groups excluding carboxylic acids is 1. The number of unbranched alkanes of at least 4 members (excludes halogenated alkanes) is 12. The maximum atomic E-state index is 10.9. The minimum absolute atomic E-state index is 0.183. The number of aromatic amines is 1. The van der Waals surface area contributed by atoms with E-state index in [9.17, 15) is 9.90 Å². The fourth-order valence-electron chi connectivity index (χ4n) is 4.80. The van der Waals surface area contributed by atoms with Crippen LogP contribution < -0.4 is 5.73 Å². The van der Waals surface area contributed by atoms with Crippen molar-refractivity contribution < 1.29 is 9.90 Å². The molecule has 5 nitrogen and oxygen atoms in total. The van der Waals surface area contributed by atoms with E-state index in [1.165, 1.54) is 89.2 Å². The molecule has 1 heterocycles. The van der Waals surface area contributed by atoms with Crippen LogP contribution in [0.2, 0.25) is 0 Å². The molecule has 0 spiro atoms. The van der Waals surface area contributed by atoms with Crippen molar-refractivity contribution in [3.05, 3.63) is 30.0 Å². The van der Waals surface area contributed by atoms with Gasteiger partial charge in [0.2, 0.25) is 5.91 Å². The predicted octanol–water partition coefficient (Wildman–Crippen LogP) is 7.07. The van der Waals surface area contributed by atoms with E-state index in [1.54, 1.807) is 6.07 Å². The number of nitrogens with two attached hydrogens (primary N) is 1. The number of aromatic hydroxyl groups is 1. The first-order valence-corrected chi connectivity index (χ1v) is 13.9. The van der Waals surface area contributed by atoms with Gasteiger partial charge in [-0.1, -0.05) is 77.6 Å². The van der Waals surface area contributed by atoms with Gasteiger partial charge in [0.15, 0.2) is 0 Å². The molecule has 0 bridgehead atoms. The molecule has 0 saturated heterocycles. The van der Waals surface area contributed by atoms with Crippen LogP contribution in [0.25, 0.3) is 10.9 Å². The molecule has 0 aliphatic heterocycles. The van der Waals surface area contributed by atoms with Gasteiger partial charge in [-0.2, -0.15) is 0 Å². The Bertz CT molecular complexity index is 802. The third-order valence-electron chi connectivity index (χ3n) is 6.92. The first kappa shape index (κ1) is 28.2. The maximum Gasteiger partial charge on any atom is 0.217 e. The molecule has 2 aromatic rings. The number of hydrogen-bond donors (Lipinski definition) is 3. The van der Waals surface area contributed by atoms with E-state index in [0.717, 1.165) is 43.3 Å². The van der Waals surface area contributed by atoms with Crippen LogP contribution in [-0.4, -0.2) is 40.5 Å². The Balaban J connectivity index is 1.72. The largest absolute Gasteiger partial charge is 0.508 e. The maximum absolute atomic E-state index is 10.9. The van der Waals surface area contributed by atoms with Crippen LogP contribution in [0, 0.1) is 0 Å². The number of primary amides is 1. The van der Waals surface area contributed by atoms with E-state index in [4.69, 9.17) is 5.73 Å². The first-order chi connectivity index (χ1) is 16.6. The number of benzene rings is 1. The van der Waals surface area contributed by atoms with Gasteiger partial charge in [-0.05, 0) is 62.5 Å². The average molecular weight is 472 g/mol. The van der Waals surface area contributed by atoms with Crippen molar-refractivity contribution in [2.24, 2.45) is 5.73 Å². The number of fused-ring (bicyclic) bond motifs is 1. The molecule has 1 aromatic carbocycles. The molecule has 2 rings (SSSR count). The van der Waals surface area contributed by atoms with Gasteiger partial charge in [-0.25, -0.2) is 0 Å². The molecule has 0 radical (unpaired) electrons. The molecule has 4 N–H and O–H groups in total. The Hall–Kier alpha value is -2.01. The van der Waals surface area contributed by atoms with Gasteiger partial charge in [-0.3, -0.25) is 4.79 Å². The average Bonchev–Trinajstić information content (AvgIpc) is 3.22. The van der Waals surface area contributed by atoms with Gasteiger partial charge < -0.3 is 20.7 Å². The van der Waals surface area contributed by atoms with Crippen LogP contribution in [0.3, 0.4) is 0 Å². The van der Waals surface area contributed by atoms with Crippen molar-refractivity contribution in [1.29, 1.82) is 0 Å². The quantitative estimate of drug-likeness (QED) is 0.170. The number of phenols is 1. The highest BCUT2D eigenvalue weighted by Gasteiger charge is 2.09. The minimum Gasteiger partial charge on any atom is -0.508 e. The fourth-order valence-corrected chi connectivity index (χ4v) is 4.80. The van der Waals surface area contributed by atoms with E-state index < -0.39 is 0 Å². The number of nitrogens with zero attached hydrogens (tertiary/aromatic N) is 1. The number of rotatable bonds is 21. The summed E-state index contributed by atoms with van der Waals surface area (Å²) in [7, 11) is 0. The summed E-state index contributed by atoms with van der Waals surface area (Å²) in [6, 6.07) is 5.56. The summed E-state index contributed by atoms with van der Waals surface area (Å²) in [4.78, 5) is 16.8. The summed E-state index contributed by atoms with van der Waals surface area (Å²) in [5.74, 6) is 0.147. The molecule has 1 aromatic heterocycles. The Morgan fingerprint density at radius 3 is 2.06 bits per heavy atom. The SMILES string of the molecule is CCCCCCCCCCCN(CCCCCCCC(N)=O)CCc1c[nH]c2ccc(O)cc12. The van der Waals surface area contributed by atoms with Crippen LogP contribution in [0.15, 0.2) is 24.4 Å². The Morgan fingerprint density at radius 1 is 0.853 bits per heavy atom. The van der Waals surface area contributed by atoms with Crippen molar-refractivity contribution in [2.45, 2.75) is 110 Å². The van der Waals surface area contributed by atoms with Gasteiger partial charge in [0.25, 0.3) is 0 Å². The molecule has 0 aliphatic carbocycles. The first-order valence-electron chi connectivity index (χ1n) is 13.9. The Morgan fingerprint density at radius 2 is 1.44 bits per heavy atom. The molecule has 192 valence electrons. The third-order valence-corrected chi connectivity index (χ3v) is 6.92. The summed E-state index contributed by atoms with van der Waals surface area (Å²) >= 11 is 0. The van der Waals surface area contributed by atoms with Crippen LogP contribution in [-0.2, 0) is 11.2 Å². The Labute approximate surface area is 207 Å². The standard InChI is InChI=1S/C29H49N3O2/c1-2-3-4-5-6-7-8-11-14-20-32(21-15-12-9-10-13-16-29(30)34)22-19-25-24-31-28-18-17-26(33)23-27(25)28/h17-18,23-24,31,33H,2-16,19-22H2,1H3,(H2,30,34). The summed E-state index contributed by atoms with van der Waals surface area (Å²) in [5, 5.41) is 11.0. The number of aromatic nitrogens is 1. The predicted molar refractivity (Wildman–Crippen MR) is 144 cm³/mol. The van der Waals surface area contributed by atoms with Crippen molar-refractivity contribution in [3.63, 3.8) is 0 Å². The lowest BCUT2D eigenvalue weighted by Crippen LogP contribution is -2.28. The molecular formula is C29H49N3O2. The highest BCUT2D eigenvalue weighted by atomic mass is 16.3. The molecule has 5 heteroatoms. The van der Waals surface area contributed by atoms with Gasteiger partial charge in [0, 0.05) is 30.1 Å². The lowest BCUT2D eigenvalue weighted by molar-refractivity contribution is -0.118. The smallest absolute Gasteiger partial charge is 0.217 e. The molecule has 0 atom stereocenters. The Kier molecular flexibility index (Phi) is 14.5. The lowest BCUT2D eigenvalue weighted by atomic mass is 10.1. The van der Waals surface area contributed by atoms with E-state index in [2.05, 4.69) is 23.0 Å². The zero-order valence-corrected chi connectivity index (χ0v) is 21.6. The van der Waals surface area contributed by atoms with Crippen LogP contribution in [0.4, 0.5) is 0 Å². The monoisotopic (exact) mass is 471 g/mol. The molecular weight excluding hydrogens is 422 g/mol. The van der Waals surface area contributed by atoms with Gasteiger partial charge >= 0.3 is 0 Å². The second-order valence-electron chi connectivity index (χ2n) is 9.95. The molecule has 0 fully saturated rings. The van der Waals surface area contributed by atoms with Crippen LogP contribution >= 0.6 is 0 Å². The fraction of sp³-hybridized carbons (Fsp3) is 0.690. The molecule has 1 amide bonds. The van der Waals surface area contributed by atoms with Crippen molar-refractivity contribution >= 4 is 16.8 Å². The zero-order chi connectivity index (χ0) is 24.4. The number of carbonyl (C=O) groups is 1. The van der Waals surface area contributed by atoms with E-state index in [0.29, 0.717) is 12.2 Å². The summed E-state index contributed by atoms with van der Waals surface area (Å²) in [6.07, 6.45) is 21.5. The topological polar surface area (TPSA) is 82.3 Å². The highest BCUT2D eigenvalue weighted by Crippen LogP contribution is 2.23. The minimum atomic E-state index is -0.183. The van der Waals surface area contributed by atoms with Crippen LogP contribution in [0.1, 0.15) is 109 Å². The summed E-state index contributed by atoms with van der Waals surface area (Å²) < 4.78 is 0. The van der Waals surface area contributed by atoms with Crippen molar-refractivity contribution in [2.75, 3.05) is 19.6 Å². The molecule has 0 aliphatic rings. The highest BCUT2D eigenvalue weighted by molar-refractivity contribution is 5.84. The van der Waals surface area contributed by atoms with Gasteiger partial charge in [-0.15, -0.1) is 0 Å². The molecule has 34 heavy (non-hydrogen) atoms. The number of hydrogen-bond acceptors (Lipinski definition) is 3. The van der Waals surface area contributed by atoms with Crippen molar-refractivity contribution in [1.82, 2.24) is 9.88 Å². The lowest BCUT2D eigenvalue weighted by Gasteiger charge is -2.22. The zero-order valence-electron chi connectivity index (χ0n) is 21.6. The third kappa shape index (κ3) is 11.9. The van der Waals surface area contributed by atoms with Crippen LogP contribution in [0.5, 0.6) is 5.75 Å². The number of phenolic OH excluding ortho intramolecular Hbond substituents is 1. The van der Waals surface area contributed by atoms with Gasteiger partial charge in [0.1, 0.15) is 5.75 Å². The van der Waals surface area contributed by atoms with E-state index >= 15 is 0 Å². The second kappa shape index (κ2) is 17.4. The van der Waals surface area contributed by atoms with E-state index in [-0.39, 0.29) is 5.91 Å². The van der Waals surface area contributed by atoms with E-state index in [1.807, 2.05) is 12.1 Å². The molecule has 0 saturated carbocycles. The number of nitrogens with one attached hydrogen (secondary N) is 1. The summed E-state index contributed by atoms with van der Waals surface area (Å²) in [5.41, 5.74) is 7.61. The summed E-state index contributed by atoms with van der Waals surface area (Å²) in [6.45, 7) is 5.64. The normalized spacial score (nSPS) is 11.6. The van der Waals surface area contributed by atoms with Crippen molar-refractivity contribution in [3.8, 4) is 5.75 Å². The second-order valence-corrected chi connectivity index (χ2v) is 9.95. The number of amides is 1. The number of H-pyrrole nitrogens is 1.